The fourth-order valence-corrected chi connectivity index (χ4v) is 3.44. The van der Waals surface area contributed by atoms with E-state index in [1.807, 2.05) is 13.0 Å². The summed E-state index contributed by atoms with van der Waals surface area (Å²) in [6.45, 7) is 9.87. The van der Waals surface area contributed by atoms with E-state index in [0.717, 1.165) is 5.57 Å². The molecule has 0 aromatic rings. The second kappa shape index (κ2) is 9.69. The van der Waals surface area contributed by atoms with Crippen LogP contribution in [-0.4, -0.2) is 47.9 Å². The van der Waals surface area contributed by atoms with Gasteiger partial charge in [0.15, 0.2) is 12.2 Å². The number of hydrogen-bond donors (Lipinski definition) is 1. The zero-order valence-electron chi connectivity index (χ0n) is 17.3. The second-order valence-electron chi connectivity index (χ2n) is 7.28. The monoisotopic (exact) mass is 404 g/mol. The lowest BCUT2D eigenvalue weighted by atomic mass is 9.83. The van der Waals surface area contributed by atoms with Gasteiger partial charge in [-0.25, -0.2) is 9.59 Å². The zero-order chi connectivity index (χ0) is 21.7. The Kier molecular flexibility index (Phi) is 7.56. The first-order valence-corrected chi connectivity index (χ1v) is 9.57. The largest absolute Gasteiger partial charge is 0.454 e. The average Bonchev–Trinajstić information content (AvgIpc) is 2.93. The van der Waals surface area contributed by atoms with E-state index >= 15 is 0 Å². The first-order chi connectivity index (χ1) is 13.7. The van der Waals surface area contributed by atoms with Gasteiger partial charge >= 0.3 is 17.9 Å². The predicted molar refractivity (Wildman–Crippen MR) is 106 cm³/mol. The highest BCUT2D eigenvalue weighted by Gasteiger charge is 2.49. The molecule has 1 heterocycles. The molecular weight excluding hydrogens is 376 g/mol. The number of aliphatic hydroxyl groups excluding tert-OH is 1. The smallest absolute Gasteiger partial charge is 0.334 e. The molecule has 1 fully saturated rings. The van der Waals surface area contributed by atoms with E-state index in [1.165, 1.54) is 6.92 Å². The number of esters is 3. The molecular formula is C22H28O7. The van der Waals surface area contributed by atoms with Crippen LogP contribution in [0.5, 0.6) is 0 Å². The topological polar surface area (TPSA) is 99.1 Å². The normalized spacial score (nSPS) is 31.6. The molecule has 0 spiro atoms. The maximum absolute atomic E-state index is 12.6. The summed E-state index contributed by atoms with van der Waals surface area (Å²) in [5, 5.41) is 9.94. The van der Waals surface area contributed by atoms with Crippen molar-refractivity contribution in [3.05, 3.63) is 47.1 Å². The first-order valence-electron chi connectivity index (χ1n) is 9.57. The van der Waals surface area contributed by atoms with Crippen molar-refractivity contribution in [3.8, 4) is 0 Å². The van der Waals surface area contributed by atoms with Gasteiger partial charge in [0.1, 0.15) is 6.10 Å². The maximum Gasteiger partial charge on any atom is 0.334 e. The fraction of sp³-hybridized carbons (Fsp3) is 0.500. The number of ether oxygens (including phenoxy) is 3. The van der Waals surface area contributed by atoms with Crippen molar-refractivity contribution >= 4 is 17.9 Å². The van der Waals surface area contributed by atoms with Gasteiger partial charge in [-0.2, -0.15) is 0 Å². The molecule has 0 bridgehead atoms. The Morgan fingerprint density at radius 2 is 2.03 bits per heavy atom. The van der Waals surface area contributed by atoms with Crippen LogP contribution in [0.2, 0.25) is 0 Å². The number of hydrogen-bond acceptors (Lipinski definition) is 7. The molecule has 1 N–H and O–H groups in total. The van der Waals surface area contributed by atoms with Crippen molar-refractivity contribution in [2.24, 2.45) is 5.92 Å². The number of fused-ring (bicyclic) bond motifs is 1. The van der Waals surface area contributed by atoms with Crippen LogP contribution >= 0.6 is 0 Å². The Balaban J connectivity index is 2.62. The molecule has 2 rings (SSSR count). The summed E-state index contributed by atoms with van der Waals surface area (Å²) in [5.41, 5.74) is 1.87. The van der Waals surface area contributed by atoms with Crippen molar-refractivity contribution in [2.45, 2.75) is 58.8 Å². The van der Waals surface area contributed by atoms with Crippen LogP contribution in [0.15, 0.2) is 47.1 Å². The van der Waals surface area contributed by atoms with E-state index in [2.05, 4.69) is 6.58 Å². The predicted octanol–water partition coefficient (Wildman–Crippen LogP) is 2.55. The van der Waals surface area contributed by atoms with Crippen LogP contribution < -0.4 is 0 Å². The highest BCUT2D eigenvalue weighted by Crippen LogP contribution is 2.37. The molecule has 7 heteroatoms. The lowest BCUT2D eigenvalue weighted by Gasteiger charge is -2.33. The molecule has 158 valence electrons. The highest BCUT2D eigenvalue weighted by molar-refractivity contribution is 5.92. The molecule has 29 heavy (non-hydrogen) atoms. The van der Waals surface area contributed by atoms with Gasteiger partial charge in [0.05, 0.1) is 12.5 Å². The number of aliphatic hydroxyl groups is 1. The van der Waals surface area contributed by atoms with Crippen LogP contribution in [0.4, 0.5) is 0 Å². The van der Waals surface area contributed by atoms with Gasteiger partial charge in [-0.15, -0.1) is 0 Å². The molecule has 7 nitrogen and oxygen atoms in total. The molecule has 1 aliphatic heterocycles. The molecule has 0 amide bonds. The van der Waals surface area contributed by atoms with E-state index < -0.39 is 48.7 Å². The molecule has 2 aliphatic rings. The zero-order valence-corrected chi connectivity index (χ0v) is 17.3. The third-order valence-electron chi connectivity index (χ3n) is 5.15. The van der Waals surface area contributed by atoms with Gasteiger partial charge in [0, 0.05) is 18.1 Å². The summed E-state index contributed by atoms with van der Waals surface area (Å²) < 4.78 is 16.7. The molecule has 1 saturated heterocycles. The van der Waals surface area contributed by atoms with Gasteiger partial charge in [-0.1, -0.05) is 24.3 Å². The minimum absolute atomic E-state index is 0.130. The Bertz CT molecular complexity index is 787. The van der Waals surface area contributed by atoms with Crippen LogP contribution in [0, 0.1) is 5.92 Å². The summed E-state index contributed by atoms with van der Waals surface area (Å²) in [5.74, 6) is -2.57. The lowest BCUT2D eigenvalue weighted by molar-refractivity contribution is -0.166. The van der Waals surface area contributed by atoms with Crippen LogP contribution in [0.1, 0.15) is 40.5 Å². The summed E-state index contributed by atoms with van der Waals surface area (Å²) in [7, 11) is 0. The van der Waals surface area contributed by atoms with E-state index in [0.29, 0.717) is 24.0 Å². The third kappa shape index (κ3) is 5.23. The molecule has 4 atom stereocenters. The number of rotatable bonds is 4. The standard InChI is InChI=1S/C22H28O7/c1-6-13(3)21(25)29-20-18-14(4)22(26)28-17(18)10-12(2)8-7-9-16(11-23)19(20)27-15(5)24/h6,9-10,17-20,23H,4,7-8,11H2,1-3,5H3/b12-10+,13-6-,16-9-/t17-,18+,19+,20+/m1/s1. The molecule has 0 unspecified atom stereocenters. The van der Waals surface area contributed by atoms with Crippen molar-refractivity contribution in [2.75, 3.05) is 6.61 Å². The minimum Gasteiger partial charge on any atom is -0.454 e. The summed E-state index contributed by atoms with van der Waals surface area (Å²) in [6.07, 6.45) is 3.56. The fourth-order valence-electron chi connectivity index (χ4n) is 3.44. The van der Waals surface area contributed by atoms with E-state index in [4.69, 9.17) is 14.2 Å². The van der Waals surface area contributed by atoms with Crippen molar-refractivity contribution in [1.29, 1.82) is 0 Å². The summed E-state index contributed by atoms with van der Waals surface area (Å²) in [4.78, 5) is 36.7. The lowest BCUT2D eigenvalue weighted by Crippen LogP contribution is -2.45. The number of carbonyl (C=O) groups is 3. The Morgan fingerprint density at radius 1 is 1.34 bits per heavy atom. The van der Waals surface area contributed by atoms with E-state index in [1.54, 1.807) is 26.0 Å². The first kappa shape index (κ1) is 22.6. The SMILES string of the molecule is C=C1C(=O)O[C@@H]2/C=C(\C)CC/C=C(/CO)[C@H](OC(C)=O)[C@@H](OC(=O)/C(C)=C\C)[C@@H]12. The molecule has 1 aliphatic carbocycles. The molecule has 0 aromatic carbocycles. The highest BCUT2D eigenvalue weighted by atomic mass is 16.6. The van der Waals surface area contributed by atoms with Gasteiger partial charge < -0.3 is 19.3 Å². The summed E-state index contributed by atoms with van der Waals surface area (Å²) in [6, 6.07) is 0. The average molecular weight is 404 g/mol. The third-order valence-corrected chi connectivity index (χ3v) is 5.15. The van der Waals surface area contributed by atoms with Crippen LogP contribution in [0.3, 0.4) is 0 Å². The number of allylic oxidation sites excluding steroid dienone is 3. The van der Waals surface area contributed by atoms with Crippen molar-refractivity contribution in [1.82, 2.24) is 0 Å². The molecule has 0 radical (unpaired) electrons. The van der Waals surface area contributed by atoms with E-state index in [9.17, 15) is 19.5 Å². The van der Waals surface area contributed by atoms with Crippen molar-refractivity contribution in [3.63, 3.8) is 0 Å². The Hall–Kier alpha value is -2.67. The maximum atomic E-state index is 12.6. The van der Waals surface area contributed by atoms with Crippen LogP contribution in [-0.2, 0) is 28.6 Å². The van der Waals surface area contributed by atoms with Gasteiger partial charge in [-0.3, -0.25) is 4.79 Å². The van der Waals surface area contributed by atoms with Gasteiger partial charge in [-0.05, 0) is 45.3 Å². The van der Waals surface area contributed by atoms with Gasteiger partial charge in [0.2, 0.25) is 0 Å². The Labute approximate surface area is 170 Å². The summed E-state index contributed by atoms with van der Waals surface area (Å²) >= 11 is 0. The van der Waals surface area contributed by atoms with Crippen molar-refractivity contribution < 1.29 is 33.7 Å². The van der Waals surface area contributed by atoms with Crippen LogP contribution in [0.25, 0.3) is 0 Å². The molecule has 0 saturated carbocycles. The quantitative estimate of drug-likeness (QED) is 0.333. The van der Waals surface area contributed by atoms with Gasteiger partial charge in [0.25, 0.3) is 0 Å². The molecule has 0 aromatic heterocycles. The second-order valence-corrected chi connectivity index (χ2v) is 7.28. The number of carbonyl (C=O) groups excluding carboxylic acids is 3. The van der Waals surface area contributed by atoms with E-state index in [-0.39, 0.29) is 5.57 Å². The minimum atomic E-state index is -1.09. The Morgan fingerprint density at radius 3 is 2.62 bits per heavy atom.